The molecule has 0 saturated carbocycles. The molecule has 0 fully saturated rings. The average Bonchev–Trinajstić information content (AvgIpc) is 3.36. The molecule has 3 heteroatoms. The molecular formula is C24H24N2S. The first kappa shape index (κ1) is 16.8. The van der Waals surface area contributed by atoms with Crippen LogP contribution in [0.3, 0.4) is 0 Å². The Morgan fingerprint density at radius 2 is 1.93 bits per heavy atom. The fourth-order valence-corrected chi connectivity index (χ4v) is 5.33. The van der Waals surface area contributed by atoms with Crippen LogP contribution < -0.4 is 5.73 Å². The Hall–Kier alpha value is -2.36. The number of nitrogens with one attached hydrogen (secondary N) is 1. The van der Waals surface area contributed by atoms with Crippen LogP contribution in [0.4, 0.5) is 0 Å². The summed E-state index contributed by atoms with van der Waals surface area (Å²) in [5.41, 5.74) is 14.5. The molecule has 0 aliphatic heterocycles. The average molecular weight is 373 g/mol. The zero-order chi connectivity index (χ0) is 18.4. The summed E-state index contributed by atoms with van der Waals surface area (Å²) in [5, 5.41) is 5.69. The number of aromatic nitrogens is 1. The lowest BCUT2D eigenvalue weighted by Gasteiger charge is -2.39. The Bertz CT molecular complexity index is 1080. The maximum absolute atomic E-state index is 7.11. The largest absolute Gasteiger partial charge is 0.357 e. The summed E-state index contributed by atoms with van der Waals surface area (Å²) in [6.07, 6.45) is 3.25. The third-order valence-corrected chi connectivity index (χ3v) is 7.00. The quantitative estimate of drug-likeness (QED) is 0.442. The van der Waals surface area contributed by atoms with E-state index in [0.29, 0.717) is 0 Å². The van der Waals surface area contributed by atoms with Crippen molar-refractivity contribution in [3.8, 4) is 11.1 Å². The molecular weight excluding hydrogens is 348 g/mol. The fraction of sp³-hybridized carbons (Fsp3) is 0.250. The second-order valence-electron chi connectivity index (χ2n) is 7.78. The van der Waals surface area contributed by atoms with Crippen molar-refractivity contribution in [1.29, 1.82) is 0 Å². The third kappa shape index (κ3) is 2.65. The van der Waals surface area contributed by atoms with E-state index in [1.807, 2.05) is 0 Å². The maximum Gasteiger partial charge on any atom is 0.0631 e. The van der Waals surface area contributed by atoms with Crippen molar-refractivity contribution in [3.05, 3.63) is 82.2 Å². The van der Waals surface area contributed by atoms with Crippen molar-refractivity contribution in [2.75, 3.05) is 0 Å². The number of fused-ring (bicyclic) bond motifs is 3. The number of hydrogen-bond acceptors (Lipinski definition) is 2. The van der Waals surface area contributed by atoms with E-state index in [9.17, 15) is 0 Å². The van der Waals surface area contributed by atoms with E-state index in [-0.39, 0.29) is 11.5 Å². The van der Waals surface area contributed by atoms with Crippen molar-refractivity contribution in [3.63, 3.8) is 0 Å². The first-order chi connectivity index (χ1) is 13.2. The Balaban J connectivity index is 1.65. The highest BCUT2D eigenvalue weighted by atomic mass is 32.1. The molecule has 0 saturated heterocycles. The van der Waals surface area contributed by atoms with E-state index in [0.717, 1.165) is 19.3 Å². The minimum absolute atomic E-state index is 0.266. The van der Waals surface area contributed by atoms with Gasteiger partial charge in [0.05, 0.1) is 5.54 Å². The number of hydrogen-bond donors (Lipinski definition) is 2. The van der Waals surface area contributed by atoms with Crippen molar-refractivity contribution in [2.45, 2.75) is 37.6 Å². The molecule has 1 aliphatic rings. The standard InChI is InChI=1S/C24H24N2S/c1-16(17-6-3-2-4-7-17)24(25)12-5-8-20-21-14-18(19-11-13-27-15-19)9-10-22(21)26-23(20)24/h2-4,6-7,9-11,13-16,26H,5,8,12,25H2,1H3/t16-,24?/m1/s1. The number of rotatable bonds is 3. The summed E-state index contributed by atoms with van der Waals surface area (Å²) in [6, 6.07) is 19.6. The third-order valence-electron chi connectivity index (χ3n) is 6.32. The number of aryl methyl sites for hydroxylation is 1. The highest BCUT2D eigenvalue weighted by molar-refractivity contribution is 7.08. The van der Waals surface area contributed by atoms with Crippen LogP contribution in [0.15, 0.2) is 65.4 Å². The molecule has 2 aromatic heterocycles. The van der Waals surface area contributed by atoms with Gasteiger partial charge in [-0.05, 0) is 70.5 Å². The van der Waals surface area contributed by atoms with Gasteiger partial charge in [0.15, 0.2) is 0 Å². The molecule has 4 aromatic rings. The predicted octanol–water partition coefficient (Wildman–Crippen LogP) is 6.19. The lowest BCUT2D eigenvalue weighted by Crippen LogP contribution is -2.44. The first-order valence-corrected chi connectivity index (χ1v) is 10.6. The molecule has 0 amide bonds. The number of aromatic amines is 1. The van der Waals surface area contributed by atoms with Crippen LogP contribution in [-0.4, -0.2) is 4.98 Å². The number of benzene rings is 2. The van der Waals surface area contributed by atoms with Crippen LogP contribution >= 0.6 is 11.3 Å². The van der Waals surface area contributed by atoms with E-state index in [4.69, 9.17) is 5.73 Å². The fourth-order valence-electron chi connectivity index (χ4n) is 4.67. The predicted molar refractivity (Wildman–Crippen MR) is 115 cm³/mol. The van der Waals surface area contributed by atoms with E-state index in [2.05, 4.69) is 77.3 Å². The number of thiophene rings is 1. The van der Waals surface area contributed by atoms with Gasteiger partial charge in [-0.15, -0.1) is 0 Å². The van der Waals surface area contributed by atoms with Crippen LogP contribution in [0.5, 0.6) is 0 Å². The highest BCUT2D eigenvalue weighted by Gasteiger charge is 2.40. The van der Waals surface area contributed by atoms with Gasteiger partial charge in [-0.2, -0.15) is 11.3 Å². The molecule has 2 heterocycles. The van der Waals surface area contributed by atoms with Crippen LogP contribution in [0.25, 0.3) is 22.0 Å². The molecule has 2 aromatic carbocycles. The summed E-state index contributed by atoms with van der Waals surface area (Å²) in [5.74, 6) is 0.266. The van der Waals surface area contributed by atoms with Gasteiger partial charge < -0.3 is 10.7 Å². The van der Waals surface area contributed by atoms with Gasteiger partial charge in [0.25, 0.3) is 0 Å². The molecule has 136 valence electrons. The second kappa shape index (κ2) is 6.36. The van der Waals surface area contributed by atoms with Crippen molar-refractivity contribution in [2.24, 2.45) is 5.73 Å². The van der Waals surface area contributed by atoms with E-state index < -0.39 is 0 Å². The summed E-state index contributed by atoms with van der Waals surface area (Å²) in [4.78, 5) is 3.71. The van der Waals surface area contributed by atoms with Crippen molar-refractivity contribution in [1.82, 2.24) is 4.98 Å². The molecule has 2 atom stereocenters. The zero-order valence-corrected chi connectivity index (χ0v) is 16.4. The molecule has 2 nitrogen and oxygen atoms in total. The Morgan fingerprint density at radius 3 is 2.70 bits per heavy atom. The van der Waals surface area contributed by atoms with E-state index >= 15 is 0 Å². The Kier molecular flexibility index (Phi) is 3.96. The van der Waals surface area contributed by atoms with Gasteiger partial charge >= 0.3 is 0 Å². The monoisotopic (exact) mass is 372 g/mol. The molecule has 0 radical (unpaired) electrons. The maximum atomic E-state index is 7.11. The molecule has 0 bridgehead atoms. The lowest BCUT2D eigenvalue weighted by molar-refractivity contribution is 0.310. The molecule has 3 N–H and O–H groups in total. The second-order valence-corrected chi connectivity index (χ2v) is 8.56. The van der Waals surface area contributed by atoms with Crippen LogP contribution in [-0.2, 0) is 12.0 Å². The Labute approximate surface area is 164 Å². The normalized spacial score (nSPS) is 20.5. The van der Waals surface area contributed by atoms with Crippen molar-refractivity contribution < 1.29 is 0 Å². The van der Waals surface area contributed by atoms with Crippen LogP contribution in [0.2, 0.25) is 0 Å². The summed E-state index contributed by atoms with van der Waals surface area (Å²) >= 11 is 1.74. The topological polar surface area (TPSA) is 41.8 Å². The van der Waals surface area contributed by atoms with Gasteiger partial charge in [0.1, 0.15) is 0 Å². The van der Waals surface area contributed by atoms with Gasteiger partial charge in [-0.3, -0.25) is 0 Å². The minimum atomic E-state index is -0.351. The van der Waals surface area contributed by atoms with Crippen LogP contribution in [0.1, 0.15) is 42.5 Å². The lowest BCUT2D eigenvalue weighted by atomic mass is 9.71. The molecule has 1 unspecified atom stereocenters. The molecule has 5 rings (SSSR count). The summed E-state index contributed by atoms with van der Waals surface area (Å²) in [6.45, 7) is 2.27. The minimum Gasteiger partial charge on any atom is -0.357 e. The SMILES string of the molecule is C[C@H](c1ccccc1)C1(N)CCCc2c1[nH]c1ccc(-c3ccsc3)cc21. The Morgan fingerprint density at radius 1 is 1.07 bits per heavy atom. The smallest absolute Gasteiger partial charge is 0.0631 e. The molecule has 0 spiro atoms. The summed E-state index contributed by atoms with van der Waals surface area (Å²) < 4.78 is 0. The van der Waals surface area contributed by atoms with Gasteiger partial charge in [-0.25, -0.2) is 0 Å². The number of nitrogens with two attached hydrogens (primary N) is 1. The van der Waals surface area contributed by atoms with Gasteiger partial charge in [-0.1, -0.05) is 43.3 Å². The highest BCUT2D eigenvalue weighted by Crippen LogP contribution is 2.45. The van der Waals surface area contributed by atoms with Crippen molar-refractivity contribution >= 4 is 22.2 Å². The molecule has 27 heavy (non-hydrogen) atoms. The summed E-state index contributed by atoms with van der Waals surface area (Å²) in [7, 11) is 0. The zero-order valence-electron chi connectivity index (χ0n) is 15.5. The van der Waals surface area contributed by atoms with Gasteiger partial charge in [0, 0.05) is 22.5 Å². The molecule has 1 aliphatic carbocycles. The van der Waals surface area contributed by atoms with Crippen LogP contribution in [0, 0.1) is 0 Å². The van der Waals surface area contributed by atoms with Gasteiger partial charge in [0.2, 0.25) is 0 Å². The first-order valence-electron chi connectivity index (χ1n) is 9.68. The van der Waals surface area contributed by atoms with E-state index in [1.165, 1.54) is 38.9 Å². The number of H-pyrrole nitrogens is 1. The van der Waals surface area contributed by atoms with E-state index in [1.54, 1.807) is 11.3 Å².